The molecule has 1 aliphatic heterocycles. The normalized spacial score (nSPS) is 20.3. The molecule has 106 valence electrons. The Morgan fingerprint density at radius 2 is 2.11 bits per heavy atom. The van der Waals surface area contributed by atoms with Crippen molar-refractivity contribution >= 4 is 0 Å². The van der Waals surface area contributed by atoms with E-state index >= 15 is 0 Å². The van der Waals surface area contributed by atoms with Gasteiger partial charge in [0.1, 0.15) is 5.75 Å². The molecule has 0 aromatic heterocycles. The minimum absolute atomic E-state index is 0.321. The summed E-state index contributed by atoms with van der Waals surface area (Å²) < 4.78 is 43.0. The van der Waals surface area contributed by atoms with E-state index in [-0.39, 0.29) is 0 Å². The highest BCUT2D eigenvalue weighted by atomic mass is 19.4. The molecule has 5 heteroatoms. The van der Waals surface area contributed by atoms with Crippen molar-refractivity contribution in [1.82, 2.24) is 5.32 Å². The van der Waals surface area contributed by atoms with Gasteiger partial charge in [-0.25, -0.2) is 0 Å². The first-order chi connectivity index (χ1) is 9.00. The Kier molecular flexibility index (Phi) is 4.34. The van der Waals surface area contributed by atoms with E-state index in [1.54, 1.807) is 0 Å². The lowest BCUT2D eigenvalue weighted by Crippen LogP contribution is -2.35. The molecule has 0 aliphatic carbocycles. The van der Waals surface area contributed by atoms with Crippen LogP contribution in [0.3, 0.4) is 0 Å². The van der Waals surface area contributed by atoms with Gasteiger partial charge in [-0.2, -0.15) is 13.2 Å². The van der Waals surface area contributed by atoms with Crippen LogP contribution in [-0.4, -0.2) is 19.7 Å². The van der Waals surface area contributed by atoms with Gasteiger partial charge in [0, 0.05) is 6.04 Å². The van der Waals surface area contributed by atoms with Gasteiger partial charge in [0.2, 0.25) is 0 Å². The molecule has 1 N–H and O–H groups in total. The zero-order valence-electron chi connectivity index (χ0n) is 10.9. The first kappa shape index (κ1) is 14.2. The average molecular weight is 273 g/mol. The second-order valence-electron chi connectivity index (χ2n) is 4.88. The molecule has 0 bridgehead atoms. The highest BCUT2D eigenvalue weighted by molar-refractivity contribution is 5.39. The highest BCUT2D eigenvalue weighted by Crippen LogP contribution is 2.33. The molecule has 0 radical (unpaired) electrons. The third-order valence-corrected chi connectivity index (χ3v) is 3.49. The van der Waals surface area contributed by atoms with Crippen LogP contribution in [0.2, 0.25) is 0 Å². The van der Waals surface area contributed by atoms with Crippen molar-refractivity contribution < 1.29 is 17.9 Å². The highest BCUT2D eigenvalue weighted by Gasteiger charge is 2.31. The van der Waals surface area contributed by atoms with E-state index in [1.165, 1.54) is 26.0 Å². The van der Waals surface area contributed by atoms with E-state index in [9.17, 15) is 13.2 Å². The Bertz CT molecular complexity index is 425. The fourth-order valence-corrected chi connectivity index (χ4v) is 2.45. The summed E-state index contributed by atoms with van der Waals surface area (Å²) in [6, 6.07) is 4.07. The van der Waals surface area contributed by atoms with Crippen molar-refractivity contribution in [3.63, 3.8) is 0 Å². The van der Waals surface area contributed by atoms with Crippen molar-refractivity contribution in [2.45, 2.75) is 37.9 Å². The first-order valence-electron chi connectivity index (χ1n) is 6.48. The lowest BCUT2D eigenvalue weighted by molar-refractivity contribution is -0.137. The second-order valence-corrected chi connectivity index (χ2v) is 4.88. The fourth-order valence-electron chi connectivity index (χ4n) is 2.45. The number of hydrogen-bond donors (Lipinski definition) is 1. The van der Waals surface area contributed by atoms with Crippen LogP contribution in [0.1, 0.15) is 30.4 Å². The lowest BCUT2D eigenvalue weighted by atomic mass is 9.96. The molecule has 0 spiro atoms. The van der Waals surface area contributed by atoms with Gasteiger partial charge in [0.05, 0.1) is 12.7 Å². The van der Waals surface area contributed by atoms with E-state index in [1.807, 2.05) is 0 Å². The van der Waals surface area contributed by atoms with Crippen LogP contribution < -0.4 is 10.1 Å². The number of methoxy groups -OCH3 is 1. The maximum absolute atomic E-state index is 12.6. The standard InChI is InChI=1S/C14H18F3NO/c1-19-13-9-11(14(15,16)17)6-5-10(13)8-12-4-2-3-7-18-12/h5-6,9,12,18H,2-4,7-8H2,1H3. The van der Waals surface area contributed by atoms with E-state index in [0.717, 1.165) is 30.7 Å². The van der Waals surface area contributed by atoms with Crippen molar-refractivity contribution in [2.24, 2.45) is 0 Å². The molecule has 1 aromatic carbocycles. The van der Waals surface area contributed by atoms with Crippen molar-refractivity contribution in [3.05, 3.63) is 29.3 Å². The molecule has 1 unspecified atom stereocenters. The smallest absolute Gasteiger partial charge is 0.416 e. The van der Waals surface area contributed by atoms with E-state index in [4.69, 9.17) is 4.74 Å². The molecule has 1 aliphatic rings. The number of benzene rings is 1. The first-order valence-corrected chi connectivity index (χ1v) is 6.48. The van der Waals surface area contributed by atoms with Crippen LogP contribution in [0.25, 0.3) is 0 Å². The van der Waals surface area contributed by atoms with Gasteiger partial charge in [0.15, 0.2) is 0 Å². The summed E-state index contributed by atoms with van der Waals surface area (Å²) in [5.41, 5.74) is 0.166. The third kappa shape index (κ3) is 3.62. The van der Waals surface area contributed by atoms with Gasteiger partial charge in [-0.05, 0) is 43.5 Å². The predicted molar refractivity (Wildman–Crippen MR) is 67.3 cm³/mol. The maximum atomic E-state index is 12.6. The second kappa shape index (κ2) is 5.82. The number of alkyl halides is 3. The monoisotopic (exact) mass is 273 g/mol. The predicted octanol–water partition coefficient (Wildman–Crippen LogP) is 3.40. The number of piperidine rings is 1. The van der Waals surface area contributed by atoms with Gasteiger partial charge in [-0.15, -0.1) is 0 Å². The zero-order chi connectivity index (χ0) is 13.9. The summed E-state index contributed by atoms with van der Waals surface area (Å²) in [6.07, 6.45) is -0.221. The zero-order valence-corrected chi connectivity index (χ0v) is 10.9. The van der Waals surface area contributed by atoms with Crippen molar-refractivity contribution in [2.75, 3.05) is 13.7 Å². The number of rotatable bonds is 3. The minimum Gasteiger partial charge on any atom is -0.496 e. The van der Waals surface area contributed by atoms with E-state index in [0.29, 0.717) is 18.2 Å². The molecule has 1 fully saturated rings. The summed E-state index contributed by atoms with van der Waals surface area (Å²) in [6.45, 7) is 0.980. The van der Waals surface area contributed by atoms with Crippen LogP contribution in [0, 0.1) is 0 Å². The van der Waals surface area contributed by atoms with E-state index in [2.05, 4.69) is 5.32 Å². The number of ether oxygens (including phenoxy) is 1. The molecule has 0 amide bonds. The Balaban J connectivity index is 2.16. The summed E-state index contributed by atoms with van der Waals surface area (Å²) >= 11 is 0. The molecular weight excluding hydrogens is 255 g/mol. The van der Waals surface area contributed by atoms with Crippen molar-refractivity contribution in [1.29, 1.82) is 0 Å². The summed E-state index contributed by atoms with van der Waals surface area (Å²) in [7, 11) is 1.41. The van der Waals surface area contributed by atoms with Crippen LogP contribution in [0.4, 0.5) is 13.2 Å². The van der Waals surface area contributed by atoms with Gasteiger partial charge in [-0.3, -0.25) is 0 Å². The summed E-state index contributed by atoms with van der Waals surface area (Å²) in [5.74, 6) is 0.321. The largest absolute Gasteiger partial charge is 0.496 e. The Morgan fingerprint density at radius 3 is 2.68 bits per heavy atom. The molecule has 1 heterocycles. The molecular formula is C14H18F3NO. The molecule has 1 saturated heterocycles. The van der Waals surface area contributed by atoms with Gasteiger partial charge < -0.3 is 10.1 Å². The topological polar surface area (TPSA) is 21.3 Å². The van der Waals surface area contributed by atoms with E-state index < -0.39 is 11.7 Å². The Labute approximate surface area is 111 Å². The molecule has 2 nitrogen and oxygen atoms in total. The van der Waals surface area contributed by atoms with Crippen LogP contribution >= 0.6 is 0 Å². The van der Waals surface area contributed by atoms with Gasteiger partial charge in [0.25, 0.3) is 0 Å². The molecule has 1 atom stereocenters. The maximum Gasteiger partial charge on any atom is 0.416 e. The van der Waals surface area contributed by atoms with Gasteiger partial charge >= 0.3 is 6.18 Å². The van der Waals surface area contributed by atoms with Gasteiger partial charge in [-0.1, -0.05) is 12.5 Å². The number of hydrogen-bond acceptors (Lipinski definition) is 2. The Hall–Kier alpha value is -1.23. The molecule has 1 aromatic rings. The van der Waals surface area contributed by atoms with Crippen molar-refractivity contribution in [3.8, 4) is 5.75 Å². The van der Waals surface area contributed by atoms with Crippen LogP contribution in [0.15, 0.2) is 18.2 Å². The minimum atomic E-state index is -4.32. The van der Waals surface area contributed by atoms with Crippen LogP contribution in [0.5, 0.6) is 5.75 Å². The summed E-state index contributed by atoms with van der Waals surface area (Å²) in [5, 5.41) is 3.39. The molecule has 2 rings (SSSR count). The quantitative estimate of drug-likeness (QED) is 0.911. The average Bonchev–Trinajstić information content (AvgIpc) is 2.39. The van der Waals surface area contributed by atoms with Crippen LogP contribution in [-0.2, 0) is 12.6 Å². The Morgan fingerprint density at radius 1 is 1.32 bits per heavy atom. The molecule has 19 heavy (non-hydrogen) atoms. The summed E-state index contributed by atoms with van der Waals surface area (Å²) in [4.78, 5) is 0. The fraction of sp³-hybridized carbons (Fsp3) is 0.571. The molecule has 0 saturated carbocycles. The number of halogens is 3. The third-order valence-electron chi connectivity index (χ3n) is 3.49. The SMILES string of the molecule is COc1cc(C(F)(F)F)ccc1CC1CCCCN1. The lowest BCUT2D eigenvalue weighted by Gasteiger charge is -2.24. The number of nitrogens with one attached hydrogen (secondary N) is 1.